The molecule has 0 aliphatic carbocycles. The number of nitrogens with zero attached hydrogens (tertiary/aromatic N) is 1. The quantitative estimate of drug-likeness (QED) is 0.448. The number of halogens is 1. The van der Waals surface area contributed by atoms with E-state index < -0.39 is 18.2 Å². The lowest BCUT2D eigenvalue weighted by atomic mass is 10.0. The average molecular weight is 423 g/mol. The molecule has 2 rings (SSSR count). The minimum atomic E-state index is -1.20. The van der Waals surface area contributed by atoms with E-state index >= 15 is 0 Å². The van der Waals surface area contributed by atoms with Crippen molar-refractivity contribution >= 4 is 22.1 Å². The van der Waals surface area contributed by atoms with Crippen LogP contribution in [0.25, 0.3) is 0 Å². The monoisotopic (exact) mass is 422 g/mol. The molecule has 0 heterocycles. The van der Waals surface area contributed by atoms with E-state index in [0.717, 1.165) is 11.3 Å². The molecule has 0 aliphatic heterocycles. The zero-order valence-corrected chi connectivity index (χ0v) is 16.3. The van der Waals surface area contributed by atoms with Crippen molar-refractivity contribution in [1.29, 1.82) is 0 Å². The Labute approximate surface area is 161 Å². The third-order valence-electron chi connectivity index (χ3n) is 4.16. The van der Waals surface area contributed by atoms with Gasteiger partial charge in [0.1, 0.15) is 18.1 Å². The molecule has 140 valence electrons. The summed E-state index contributed by atoms with van der Waals surface area (Å²) >= 11 is 3.35. The van der Waals surface area contributed by atoms with Crippen LogP contribution >= 0.6 is 16.1 Å². The summed E-state index contributed by atoms with van der Waals surface area (Å²) < 4.78 is 6.65. The van der Waals surface area contributed by atoms with Crippen LogP contribution in [0.4, 0.5) is 0 Å². The van der Waals surface area contributed by atoms with Crippen molar-refractivity contribution in [1.82, 2.24) is 3.93 Å². The van der Waals surface area contributed by atoms with Gasteiger partial charge in [-0.25, -0.2) is 3.93 Å². The summed E-state index contributed by atoms with van der Waals surface area (Å²) in [6.45, 7) is 1.93. The highest BCUT2D eigenvalue weighted by molar-refractivity contribution is 9.07. The second-order valence-electron chi connectivity index (χ2n) is 6.09. The minimum Gasteiger partial charge on any atom is -0.497 e. The van der Waals surface area contributed by atoms with Crippen molar-refractivity contribution in [3.63, 3.8) is 0 Å². The van der Waals surface area contributed by atoms with E-state index in [1.165, 1.54) is 9.99 Å². The number of nitrogens with two attached hydrogens (primary N) is 1. The van der Waals surface area contributed by atoms with Crippen LogP contribution in [0, 0.1) is 0 Å². The van der Waals surface area contributed by atoms with Gasteiger partial charge in [-0.15, -0.1) is 0 Å². The number of benzene rings is 2. The Bertz CT molecular complexity index is 739. The molecule has 0 spiro atoms. The molecule has 0 saturated heterocycles. The lowest BCUT2D eigenvalue weighted by Crippen LogP contribution is -2.39. The number of ether oxygens (including phenoxy) is 1. The molecule has 2 aromatic rings. The molecule has 26 heavy (non-hydrogen) atoms. The van der Waals surface area contributed by atoms with Crippen LogP contribution in [0.2, 0.25) is 0 Å². The lowest BCUT2D eigenvalue weighted by Gasteiger charge is -2.30. The minimum absolute atomic E-state index is 0.104. The topological polar surface area (TPSA) is 96.0 Å². The van der Waals surface area contributed by atoms with Crippen LogP contribution in [0.5, 0.6) is 5.75 Å². The van der Waals surface area contributed by atoms with E-state index in [2.05, 4.69) is 16.1 Å². The third-order valence-corrected chi connectivity index (χ3v) is 5.28. The maximum atomic E-state index is 11.3. The van der Waals surface area contributed by atoms with E-state index in [1.807, 2.05) is 31.2 Å². The number of amides is 1. The second kappa shape index (κ2) is 9.14. The predicted molar refractivity (Wildman–Crippen MR) is 103 cm³/mol. The fraction of sp³-hybridized carbons (Fsp3) is 0.316. The zero-order valence-electron chi connectivity index (χ0n) is 14.7. The number of methoxy groups -OCH3 is 1. The SMILES string of the molecule is COc1ccc(CC(C)N(Br)C(O)C(O)c2cccc(C(N)=O)c2)cc1. The third kappa shape index (κ3) is 5.04. The molecular formula is C19H23BrN2O4. The lowest BCUT2D eigenvalue weighted by molar-refractivity contribution is -0.0515. The maximum absolute atomic E-state index is 11.3. The van der Waals surface area contributed by atoms with Crippen LogP contribution < -0.4 is 10.5 Å². The molecule has 0 aromatic heterocycles. The molecule has 7 heteroatoms. The van der Waals surface area contributed by atoms with Gasteiger partial charge in [-0.05, 0) is 48.7 Å². The van der Waals surface area contributed by atoms with Crippen molar-refractivity contribution < 1.29 is 19.7 Å². The van der Waals surface area contributed by atoms with Crippen molar-refractivity contribution in [2.75, 3.05) is 7.11 Å². The van der Waals surface area contributed by atoms with Crippen molar-refractivity contribution in [3.8, 4) is 5.75 Å². The molecule has 2 aromatic carbocycles. The summed E-state index contributed by atoms with van der Waals surface area (Å²) in [6, 6.07) is 13.8. The number of primary amides is 1. The number of rotatable bonds is 8. The van der Waals surface area contributed by atoms with Gasteiger partial charge in [0.25, 0.3) is 0 Å². The standard InChI is InChI=1S/C19H23BrN2O4/c1-12(10-13-6-8-16(26-2)9-7-13)22(20)19(25)17(23)14-4-3-5-15(11-14)18(21)24/h3-9,11-12,17,19,23,25H,10H2,1-2H3,(H2,21,24). The summed E-state index contributed by atoms with van der Waals surface area (Å²) in [5, 5.41) is 21.0. The summed E-state index contributed by atoms with van der Waals surface area (Å²) in [5.74, 6) is 0.194. The van der Waals surface area contributed by atoms with E-state index in [9.17, 15) is 15.0 Å². The molecule has 0 fully saturated rings. The Morgan fingerprint density at radius 3 is 2.46 bits per heavy atom. The van der Waals surface area contributed by atoms with Crippen LogP contribution in [0.15, 0.2) is 48.5 Å². The van der Waals surface area contributed by atoms with Crippen LogP contribution in [-0.2, 0) is 6.42 Å². The van der Waals surface area contributed by atoms with Gasteiger partial charge in [-0.3, -0.25) is 4.79 Å². The molecule has 0 bridgehead atoms. The number of aliphatic hydroxyl groups is 2. The molecule has 0 aliphatic rings. The van der Waals surface area contributed by atoms with E-state index in [4.69, 9.17) is 10.5 Å². The molecular weight excluding hydrogens is 400 g/mol. The van der Waals surface area contributed by atoms with E-state index in [-0.39, 0.29) is 11.6 Å². The predicted octanol–water partition coefficient (Wildman–Crippen LogP) is 2.39. The Morgan fingerprint density at radius 2 is 1.88 bits per heavy atom. The highest BCUT2D eigenvalue weighted by Gasteiger charge is 2.27. The molecule has 0 saturated carbocycles. The van der Waals surface area contributed by atoms with Crippen LogP contribution in [0.3, 0.4) is 0 Å². The van der Waals surface area contributed by atoms with Crippen molar-refractivity contribution in [2.45, 2.75) is 31.7 Å². The number of carbonyl (C=O) groups is 1. The van der Waals surface area contributed by atoms with Crippen molar-refractivity contribution in [3.05, 3.63) is 65.2 Å². The van der Waals surface area contributed by atoms with Gasteiger partial charge in [-0.1, -0.05) is 24.3 Å². The molecule has 4 N–H and O–H groups in total. The first kappa shape index (κ1) is 20.4. The summed E-state index contributed by atoms with van der Waals surface area (Å²) in [5.41, 5.74) is 7.02. The normalized spacial score (nSPS) is 14.7. The van der Waals surface area contributed by atoms with Gasteiger partial charge >= 0.3 is 0 Å². The fourth-order valence-corrected chi connectivity index (χ4v) is 3.00. The van der Waals surface area contributed by atoms with Crippen LogP contribution in [0.1, 0.15) is 34.5 Å². The largest absolute Gasteiger partial charge is 0.497 e. The fourth-order valence-electron chi connectivity index (χ4n) is 2.63. The highest BCUT2D eigenvalue weighted by Crippen LogP contribution is 2.26. The maximum Gasteiger partial charge on any atom is 0.248 e. The summed E-state index contributed by atoms with van der Waals surface area (Å²) in [7, 11) is 1.61. The smallest absolute Gasteiger partial charge is 0.248 e. The summed E-state index contributed by atoms with van der Waals surface area (Å²) in [6.07, 6.45) is -1.75. The molecule has 1 amide bonds. The van der Waals surface area contributed by atoms with Gasteiger partial charge in [0.2, 0.25) is 5.91 Å². The number of aliphatic hydroxyl groups excluding tert-OH is 2. The number of hydrogen-bond donors (Lipinski definition) is 3. The molecule has 6 nitrogen and oxygen atoms in total. The molecule has 3 atom stereocenters. The zero-order chi connectivity index (χ0) is 19.3. The van der Waals surface area contributed by atoms with Crippen LogP contribution in [-0.4, -0.2) is 39.4 Å². The van der Waals surface area contributed by atoms with Gasteiger partial charge in [0.15, 0.2) is 0 Å². The first-order valence-corrected chi connectivity index (χ1v) is 8.87. The Kier molecular flexibility index (Phi) is 7.16. The van der Waals surface area contributed by atoms with E-state index in [0.29, 0.717) is 12.0 Å². The molecule has 3 unspecified atom stereocenters. The van der Waals surface area contributed by atoms with Gasteiger partial charge in [-0.2, -0.15) is 0 Å². The Morgan fingerprint density at radius 1 is 1.23 bits per heavy atom. The van der Waals surface area contributed by atoms with Gasteiger partial charge in [0, 0.05) is 27.8 Å². The molecule has 0 radical (unpaired) electrons. The highest BCUT2D eigenvalue weighted by atomic mass is 79.9. The number of hydrogen-bond acceptors (Lipinski definition) is 5. The van der Waals surface area contributed by atoms with E-state index in [1.54, 1.807) is 25.3 Å². The Hall–Kier alpha value is -1.93. The summed E-state index contributed by atoms with van der Waals surface area (Å²) in [4.78, 5) is 11.3. The van der Waals surface area contributed by atoms with Crippen molar-refractivity contribution in [2.24, 2.45) is 5.73 Å². The van der Waals surface area contributed by atoms with Gasteiger partial charge < -0.3 is 20.7 Å². The number of carbonyl (C=O) groups excluding carboxylic acids is 1. The van der Waals surface area contributed by atoms with Gasteiger partial charge in [0.05, 0.1) is 7.11 Å². The Balaban J connectivity index is 2.05. The second-order valence-corrected chi connectivity index (χ2v) is 6.91. The first-order chi connectivity index (χ1) is 12.3. The first-order valence-electron chi connectivity index (χ1n) is 8.16. The average Bonchev–Trinajstić information content (AvgIpc) is 2.66.